The van der Waals surface area contributed by atoms with Crippen molar-refractivity contribution >= 4 is 41.4 Å². The van der Waals surface area contributed by atoms with Crippen LogP contribution in [0.1, 0.15) is 31.7 Å². The minimum atomic E-state index is -1.21. The van der Waals surface area contributed by atoms with Crippen molar-refractivity contribution in [2.45, 2.75) is 56.8 Å². The molecule has 0 bridgehead atoms. The minimum Gasteiger partial charge on any atom is -0.480 e. The number of rotatable bonds is 15. The van der Waals surface area contributed by atoms with Crippen LogP contribution in [0.3, 0.4) is 0 Å². The molecule has 4 atom stereocenters. The molecule has 0 aromatic heterocycles. The van der Waals surface area contributed by atoms with Gasteiger partial charge in [-0.3, -0.25) is 19.2 Å². The number of nitrogens with one attached hydrogen (secondary N) is 3. The lowest BCUT2D eigenvalue weighted by Gasteiger charge is -2.23. The Morgan fingerprint density at radius 3 is 2.12 bits per heavy atom. The van der Waals surface area contributed by atoms with E-state index in [-0.39, 0.29) is 25.7 Å². The van der Waals surface area contributed by atoms with Crippen LogP contribution in [0.4, 0.5) is 0 Å². The first-order valence-corrected chi connectivity index (χ1v) is 12.1. The van der Waals surface area contributed by atoms with Gasteiger partial charge in [0.1, 0.15) is 18.1 Å². The van der Waals surface area contributed by atoms with Gasteiger partial charge >= 0.3 is 5.97 Å². The van der Waals surface area contributed by atoms with Crippen LogP contribution in [0.15, 0.2) is 30.3 Å². The molecule has 8 N–H and O–H groups in total. The Balaban J connectivity index is 2.76. The third-order valence-electron chi connectivity index (χ3n) is 4.92. The summed E-state index contributed by atoms with van der Waals surface area (Å²) in [4.78, 5) is 60.3. The lowest BCUT2D eigenvalue weighted by molar-refractivity contribution is -0.142. The molecule has 4 unspecified atom stereocenters. The van der Waals surface area contributed by atoms with Crippen molar-refractivity contribution in [3.05, 3.63) is 35.9 Å². The van der Waals surface area contributed by atoms with Gasteiger partial charge in [-0.25, -0.2) is 4.79 Å². The van der Waals surface area contributed by atoms with E-state index in [1.165, 1.54) is 18.7 Å². The van der Waals surface area contributed by atoms with Gasteiger partial charge in [0.25, 0.3) is 0 Å². The normalized spacial score (nSPS) is 14.2. The first-order chi connectivity index (χ1) is 16.0. The quantitative estimate of drug-likeness (QED) is 0.181. The average molecular weight is 496 g/mol. The molecule has 0 aliphatic carbocycles. The Morgan fingerprint density at radius 1 is 0.941 bits per heavy atom. The molecule has 0 radical (unpaired) electrons. The number of carboxylic acid groups (broad SMARTS) is 1. The molecule has 0 saturated heterocycles. The van der Waals surface area contributed by atoms with Crippen molar-refractivity contribution in [2.24, 2.45) is 11.5 Å². The molecule has 1 aromatic carbocycles. The minimum absolute atomic E-state index is 0.129. The van der Waals surface area contributed by atoms with E-state index in [2.05, 4.69) is 16.0 Å². The summed E-state index contributed by atoms with van der Waals surface area (Å²) in [7, 11) is 0. The zero-order valence-corrected chi connectivity index (χ0v) is 20.1. The topological polar surface area (TPSA) is 194 Å². The molecule has 0 spiro atoms. The third-order valence-corrected chi connectivity index (χ3v) is 5.57. The van der Waals surface area contributed by atoms with E-state index in [0.717, 1.165) is 5.56 Å². The number of aliphatic carboxylic acids is 1. The number of benzene rings is 1. The number of amides is 4. The fraction of sp³-hybridized carbons (Fsp3) is 0.500. The molecule has 11 nitrogen and oxygen atoms in total. The highest BCUT2D eigenvalue weighted by Crippen LogP contribution is 2.05. The van der Waals surface area contributed by atoms with Crippen LogP contribution < -0.4 is 27.4 Å². The molecule has 12 heteroatoms. The molecule has 0 saturated carbocycles. The summed E-state index contributed by atoms with van der Waals surface area (Å²) in [5, 5.41) is 16.7. The van der Waals surface area contributed by atoms with Gasteiger partial charge in [-0.2, -0.15) is 11.8 Å². The highest BCUT2D eigenvalue weighted by atomic mass is 32.2. The van der Waals surface area contributed by atoms with Crippen molar-refractivity contribution in [1.82, 2.24) is 16.0 Å². The molecule has 34 heavy (non-hydrogen) atoms. The average Bonchev–Trinajstić information content (AvgIpc) is 2.79. The van der Waals surface area contributed by atoms with Crippen molar-refractivity contribution < 1.29 is 29.1 Å². The molecule has 4 amide bonds. The van der Waals surface area contributed by atoms with Gasteiger partial charge in [-0.15, -0.1) is 0 Å². The van der Waals surface area contributed by atoms with E-state index in [1.807, 2.05) is 30.3 Å². The standard InChI is InChI=1S/C22H33N5O6S/c1-13(25-20(30)15(23)12-14-6-4-3-5-7-14)19(29)26-16(8-9-18(24)28)21(31)27-17(22(32)33)10-11-34-2/h3-7,13,15-17H,8-12,23H2,1-2H3,(H2,24,28)(H,25,30)(H,26,29)(H,27,31)(H,32,33). The fourth-order valence-corrected chi connectivity index (χ4v) is 3.44. The maximum absolute atomic E-state index is 12.7. The van der Waals surface area contributed by atoms with Crippen LogP contribution in [0.2, 0.25) is 0 Å². The molecule has 1 rings (SSSR count). The second-order valence-corrected chi connectivity index (χ2v) is 8.76. The Labute approximate surface area is 202 Å². The molecule has 188 valence electrons. The summed E-state index contributed by atoms with van der Waals surface area (Å²) in [5.74, 6) is -3.40. The second-order valence-electron chi connectivity index (χ2n) is 7.77. The third kappa shape index (κ3) is 10.7. The summed E-state index contributed by atoms with van der Waals surface area (Å²) in [5.41, 5.74) is 12.0. The number of thioether (sulfide) groups is 1. The molecule has 0 aliphatic heterocycles. The maximum atomic E-state index is 12.7. The lowest BCUT2D eigenvalue weighted by Crippen LogP contribution is -2.56. The smallest absolute Gasteiger partial charge is 0.326 e. The summed E-state index contributed by atoms with van der Waals surface area (Å²) in [6, 6.07) is 4.85. The van der Waals surface area contributed by atoms with Gasteiger partial charge in [0.15, 0.2) is 0 Å². The van der Waals surface area contributed by atoms with Crippen molar-refractivity contribution in [3.63, 3.8) is 0 Å². The van der Waals surface area contributed by atoms with E-state index in [9.17, 15) is 29.1 Å². The van der Waals surface area contributed by atoms with E-state index >= 15 is 0 Å². The summed E-state index contributed by atoms with van der Waals surface area (Å²) >= 11 is 1.42. The predicted molar refractivity (Wildman–Crippen MR) is 129 cm³/mol. The number of hydrogen-bond acceptors (Lipinski definition) is 7. The SMILES string of the molecule is CSCCC(NC(=O)C(CCC(N)=O)NC(=O)C(C)NC(=O)C(N)Cc1ccccc1)C(=O)O. The highest BCUT2D eigenvalue weighted by Gasteiger charge is 2.29. The van der Waals surface area contributed by atoms with Crippen LogP contribution in [-0.2, 0) is 30.4 Å². The lowest BCUT2D eigenvalue weighted by atomic mass is 10.1. The summed E-state index contributed by atoms with van der Waals surface area (Å²) in [6.45, 7) is 1.42. The Morgan fingerprint density at radius 2 is 1.56 bits per heavy atom. The monoisotopic (exact) mass is 495 g/mol. The number of carbonyl (C=O) groups is 5. The molecule has 1 aromatic rings. The second kappa shape index (κ2) is 14.9. The highest BCUT2D eigenvalue weighted by molar-refractivity contribution is 7.98. The van der Waals surface area contributed by atoms with Crippen LogP contribution in [0, 0.1) is 0 Å². The van der Waals surface area contributed by atoms with E-state index in [4.69, 9.17) is 11.5 Å². The largest absolute Gasteiger partial charge is 0.480 e. The Hall–Kier alpha value is -3.12. The molecule has 0 fully saturated rings. The Kier molecular flexibility index (Phi) is 12.7. The van der Waals surface area contributed by atoms with E-state index < -0.39 is 53.8 Å². The van der Waals surface area contributed by atoms with Crippen LogP contribution in [0.5, 0.6) is 0 Å². The summed E-state index contributed by atoms with van der Waals surface area (Å²) in [6.07, 6.45) is 1.93. The van der Waals surface area contributed by atoms with Gasteiger partial charge in [-0.1, -0.05) is 30.3 Å². The number of primary amides is 1. The van der Waals surface area contributed by atoms with Crippen molar-refractivity contribution in [2.75, 3.05) is 12.0 Å². The number of hydrogen-bond donors (Lipinski definition) is 6. The zero-order chi connectivity index (χ0) is 25.7. The zero-order valence-electron chi connectivity index (χ0n) is 19.3. The van der Waals surface area contributed by atoms with Crippen molar-refractivity contribution in [3.8, 4) is 0 Å². The fourth-order valence-electron chi connectivity index (χ4n) is 2.96. The van der Waals surface area contributed by atoms with Crippen LogP contribution in [-0.4, -0.2) is 70.9 Å². The van der Waals surface area contributed by atoms with Crippen LogP contribution >= 0.6 is 11.8 Å². The first-order valence-electron chi connectivity index (χ1n) is 10.8. The Bertz CT molecular complexity index is 853. The number of nitrogens with two attached hydrogens (primary N) is 2. The van der Waals surface area contributed by atoms with Gasteiger partial charge in [-0.05, 0) is 43.8 Å². The molecular weight excluding hydrogens is 462 g/mol. The van der Waals surface area contributed by atoms with Gasteiger partial charge in [0.05, 0.1) is 6.04 Å². The van der Waals surface area contributed by atoms with Gasteiger partial charge in [0, 0.05) is 6.42 Å². The first kappa shape index (κ1) is 28.9. The maximum Gasteiger partial charge on any atom is 0.326 e. The van der Waals surface area contributed by atoms with Gasteiger partial charge < -0.3 is 32.5 Å². The van der Waals surface area contributed by atoms with Crippen molar-refractivity contribution in [1.29, 1.82) is 0 Å². The van der Waals surface area contributed by atoms with Gasteiger partial charge in [0.2, 0.25) is 23.6 Å². The number of carboxylic acids is 1. The molecule has 0 heterocycles. The number of carbonyl (C=O) groups excluding carboxylic acids is 4. The summed E-state index contributed by atoms with van der Waals surface area (Å²) < 4.78 is 0. The van der Waals surface area contributed by atoms with Crippen LogP contribution in [0.25, 0.3) is 0 Å². The predicted octanol–water partition coefficient (Wildman–Crippen LogP) is -0.866. The van der Waals surface area contributed by atoms with E-state index in [0.29, 0.717) is 5.75 Å². The molecular formula is C22H33N5O6S. The molecule has 0 aliphatic rings. The van der Waals surface area contributed by atoms with E-state index in [1.54, 1.807) is 6.26 Å².